The van der Waals surface area contributed by atoms with Crippen molar-refractivity contribution in [1.82, 2.24) is 0 Å². The number of anilines is 2. The molecule has 0 saturated carbocycles. The van der Waals surface area contributed by atoms with Crippen LogP contribution in [0.4, 0.5) is 11.4 Å². The fourth-order valence-corrected chi connectivity index (χ4v) is 4.43. The molecule has 3 aromatic carbocycles. The SMILES string of the molecule is COc1cccc(Oc2ccc(NC(=O)c3ccc4c(c3)CCN4S(C)(=O)=O)cc2)c1. The van der Waals surface area contributed by atoms with Gasteiger partial charge in [0, 0.05) is 23.9 Å². The van der Waals surface area contributed by atoms with Gasteiger partial charge in [0.25, 0.3) is 5.91 Å². The summed E-state index contributed by atoms with van der Waals surface area (Å²) in [5.41, 5.74) is 2.59. The zero-order valence-corrected chi connectivity index (χ0v) is 18.0. The number of sulfonamides is 1. The minimum atomic E-state index is -3.31. The van der Waals surface area contributed by atoms with Gasteiger partial charge in [-0.2, -0.15) is 0 Å². The van der Waals surface area contributed by atoms with Crippen LogP contribution in [0, 0.1) is 0 Å². The molecule has 1 heterocycles. The van der Waals surface area contributed by atoms with E-state index < -0.39 is 10.0 Å². The average molecular weight is 439 g/mol. The highest BCUT2D eigenvalue weighted by Crippen LogP contribution is 2.31. The minimum Gasteiger partial charge on any atom is -0.497 e. The molecule has 160 valence electrons. The van der Waals surface area contributed by atoms with Gasteiger partial charge in [-0.3, -0.25) is 9.10 Å². The van der Waals surface area contributed by atoms with Crippen LogP contribution >= 0.6 is 0 Å². The third-order valence-corrected chi connectivity index (χ3v) is 6.16. The van der Waals surface area contributed by atoms with Gasteiger partial charge in [-0.1, -0.05) is 6.07 Å². The molecule has 0 fully saturated rings. The molecule has 0 atom stereocenters. The summed E-state index contributed by atoms with van der Waals surface area (Å²) in [6, 6.07) is 19.4. The number of hydrogen-bond acceptors (Lipinski definition) is 5. The summed E-state index contributed by atoms with van der Waals surface area (Å²) in [4.78, 5) is 12.7. The van der Waals surface area contributed by atoms with Crippen LogP contribution < -0.4 is 19.1 Å². The summed E-state index contributed by atoms with van der Waals surface area (Å²) in [6.07, 6.45) is 1.77. The highest BCUT2D eigenvalue weighted by atomic mass is 32.2. The summed E-state index contributed by atoms with van der Waals surface area (Å²) in [5, 5.41) is 2.85. The first kappa shape index (κ1) is 20.7. The van der Waals surface area contributed by atoms with Gasteiger partial charge in [0.05, 0.1) is 19.1 Å². The second-order valence-electron chi connectivity index (χ2n) is 7.19. The zero-order chi connectivity index (χ0) is 22.0. The van der Waals surface area contributed by atoms with Crippen molar-refractivity contribution >= 4 is 27.3 Å². The van der Waals surface area contributed by atoms with Gasteiger partial charge in [-0.25, -0.2) is 8.42 Å². The summed E-state index contributed by atoms with van der Waals surface area (Å²) < 4.78 is 36.1. The molecule has 8 heteroatoms. The molecule has 0 saturated heterocycles. The average Bonchev–Trinajstić information content (AvgIpc) is 3.19. The molecule has 1 aliphatic rings. The maximum Gasteiger partial charge on any atom is 0.255 e. The van der Waals surface area contributed by atoms with Crippen molar-refractivity contribution in [3.63, 3.8) is 0 Å². The number of fused-ring (bicyclic) bond motifs is 1. The summed E-state index contributed by atoms with van der Waals surface area (Å²) in [7, 11) is -1.72. The van der Waals surface area contributed by atoms with Crippen LogP contribution in [0.2, 0.25) is 0 Å². The first-order chi connectivity index (χ1) is 14.8. The smallest absolute Gasteiger partial charge is 0.255 e. The highest BCUT2D eigenvalue weighted by molar-refractivity contribution is 7.92. The predicted octanol–water partition coefficient (Wildman–Crippen LogP) is 4.06. The number of nitrogens with zero attached hydrogens (tertiary/aromatic N) is 1. The van der Waals surface area contributed by atoms with Crippen LogP contribution in [0.1, 0.15) is 15.9 Å². The molecule has 0 bridgehead atoms. The van der Waals surface area contributed by atoms with E-state index in [0.717, 1.165) is 5.56 Å². The van der Waals surface area contributed by atoms with Crippen LogP contribution in [0.25, 0.3) is 0 Å². The van der Waals surface area contributed by atoms with Crippen molar-refractivity contribution in [2.24, 2.45) is 0 Å². The highest BCUT2D eigenvalue weighted by Gasteiger charge is 2.26. The number of carbonyl (C=O) groups excluding carboxylic acids is 1. The molecule has 3 aromatic rings. The summed E-state index contributed by atoms with van der Waals surface area (Å²) in [6.45, 7) is 0.397. The van der Waals surface area contributed by atoms with Gasteiger partial charge in [0.2, 0.25) is 10.0 Å². The molecule has 4 rings (SSSR count). The largest absolute Gasteiger partial charge is 0.497 e. The van der Waals surface area contributed by atoms with Gasteiger partial charge in [0.15, 0.2) is 0 Å². The topological polar surface area (TPSA) is 84.9 Å². The van der Waals surface area contributed by atoms with E-state index in [4.69, 9.17) is 9.47 Å². The number of ether oxygens (including phenoxy) is 2. The molecule has 31 heavy (non-hydrogen) atoms. The van der Waals surface area contributed by atoms with E-state index >= 15 is 0 Å². The normalized spacial score (nSPS) is 12.9. The Kier molecular flexibility index (Phi) is 5.56. The Morgan fingerprint density at radius 1 is 0.968 bits per heavy atom. The maximum absolute atomic E-state index is 12.7. The van der Waals surface area contributed by atoms with Gasteiger partial charge < -0.3 is 14.8 Å². The van der Waals surface area contributed by atoms with E-state index in [1.165, 1.54) is 10.6 Å². The van der Waals surface area contributed by atoms with Crippen LogP contribution in [-0.4, -0.2) is 34.2 Å². The number of amides is 1. The standard InChI is InChI=1S/C23H22N2O5S/c1-29-20-4-3-5-21(15-20)30-19-9-7-18(8-10-19)24-23(26)17-6-11-22-16(14-17)12-13-25(22)31(2,27)28/h3-11,14-15H,12-13H2,1-2H3,(H,24,26). The monoisotopic (exact) mass is 438 g/mol. The van der Waals surface area contributed by atoms with Crippen LogP contribution in [-0.2, 0) is 16.4 Å². The van der Waals surface area contributed by atoms with E-state index in [2.05, 4.69) is 5.32 Å². The fraction of sp³-hybridized carbons (Fsp3) is 0.174. The lowest BCUT2D eigenvalue weighted by Gasteiger charge is -2.16. The summed E-state index contributed by atoms with van der Waals surface area (Å²) >= 11 is 0. The Bertz CT molecular complexity index is 1220. The molecular weight excluding hydrogens is 416 g/mol. The maximum atomic E-state index is 12.7. The number of carbonyl (C=O) groups is 1. The number of hydrogen-bond donors (Lipinski definition) is 1. The van der Waals surface area contributed by atoms with Gasteiger partial charge in [0.1, 0.15) is 17.2 Å². The molecule has 0 radical (unpaired) electrons. The minimum absolute atomic E-state index is 0.262. The zero-order valence-electron chi connectivity index (χ0n) is 17.2. The van der Waals surface area contributed by atoms with E-state index in [1.807, 2.05) is 18.2 Å². The van der Waals surface area contributed by atoms with Crippen LogP contribution in [0.3, 0.4) is 0 Å². The molecule has 1 aliphatic heterocycles. The van der Waals surface area contributed by atoms with E-state index in [1.54, 1.807) is 55.6 Å². The molecule has 1 amide bonds. The van der Waals surface area contributed by atoms with Crippen molar-refractivity contribution in [2.45, 2.75) is 6.42 Å². The number of rotatable bonds is 6. The second-order valence-corrected chi connectivity index (χ2v) is 9.09. The quantitative estimate of drug-likeness (QED) is 0.627. The molecular formula is C23H22N2O5S. The van der Waals surface area contributed by atoms with Crippen LogP contribution in [0.5, 0.6) is 17.2 Å². The van der Waals surface area contributed by atoms with Gasteiger partial charge in [-0.15, -0.1) is 0 Å². The van der Waals surface area contributed by atoms with Crippen molar-refractivity contribution in [3.8, 4) is 17.2 Å². The number of benzene rings is 3. The number of methoxy groups -OCH3 is 1. The predicted molar refractivity (Wildman–Crippen MR) is 120 cm³/mol. The van der Waals surface area contributed by atoms with Crippen LogP contribution in [0.15, 0.2) is 66.7 Å². The molecule has 0 spiro atoms. The Morgan fingerprint density at radius 2 is 1.71 bits per heavy atom. The molecule has 0 unspecified atom stereocenters. The lowest BCUT2D eigenvalue weighted by molar-refractivity contribution is 0.102. The third kappa shape index (κ3) is 4.64. The molecule has 1 N–H and O–H groups in total. The van der Waals surface area contributed by atoms with E-state index in [0.29, 0.717) is 47.2 Å². The second kappa shape index (κ2) is 8.31. The summed E-state index contributed by atoms with van der Waals surface area (Å²) in [5.74, 6) is 1.72. The third-order valence-electron chi connectivity index (χ3n) is 4.98. The first-order valence-electron chi connectivity index (χ1n) is 9.67. The van der Waals surface area contributed by atoms with Gasteiger partial charge >= 0.3 is 0 Å². The first-order valence-corrected chi connectivity index (χ1v) is 11.5. The lowest BCUT2D eigenvalue weighted by Crippen LogP contribution is -2.27. The molecule has 0 aliphatic carbocycles. The van der Waals surface area contributed by atoms with Gasteiger partial charge in [-0.05, 0) is 66.6 Å². The van der Waals surface area contributed by atoms with Crippen molar-refractivity contribution in [3.05, 3.63) is 77.9 Å². The van der Waals surface area contributed by atoms with Crippen molar-refractivity contribution < 1.29 is 22.7 Å². The van der Waals surface area contributed by atoms with Crippen molar-refractivity contribution in [2.75, 3.05) is 29.5 Å². The Hall–Kier alpha value is -3.52. The Balaban J connectivity index is 1.43. The Labute approximate surface area is 181 Å². The molecule has 7 nitrogen and oxygen atoms in total. The Morgan fingerprint density at radius 3 is 2.42 bits per heavy atom. The lowest BCUT2D eigenvalue weighted by atomic mass is 10.1. The fourth-order valence-electron chi connectivity index (χ4n) is 3.47. The number of nitrogens with one attached hydrogen (secondary N) is 1. The van der Waals surface area contributed by atoms with E-state index in [-0.39, 0.29) is 5.91 Å². The van der Waals surface area contributed by atoms with E-state index in [9.17, 15) is 13.2 Å². The molecule has 0 aromatic heterocycles. The van der Waals surface area contributed by atoms with Crippen molar-refractivity contribution in [1.29, 1.82) is 0 Å².